The van der Waals surface area contributed by atoms with Gasteiger partial charge in [0.15, 0.2) is 5.79 Å². The number of ether oxygens (including phenoxy) is 4. The van der Waals surface area contributed by atoms with Gasteiger partial charge in [0.1, 0.15) is 24.7 Å². The van der Waals surface area contributed by atoms with E-state index in [0.717, 1.165) is 30.8 Å². The molecule has 0 spiro atoms. The van der Waals surface area contributed by atoms with Gasteiger partial charge in [-0.15, -0.1) is 0 Å². The number of hydrogen-bond acceptors (Lipinski definition) is 4. The highest BCUT2D eigenvalue weighted by molar-refractivity contribution is 5.28. The largest absolute Gasteiger partial charge is 0.491 e. The minimum Gasteiger partial charge on any atom is -0.491 e. The second kappa shape index (κ2) is 10.7. The lowest BCUT2D eigenvalue weighted by molar-refractivity contribution is -0.262. The Morgan fingerprint density at radius 1 is 0.828 bits per heavy atom. The van der Waals surface area contributed by atoms with Crippen LogP contribution in [0, 0.1) is 19.8 Å². The fourth-order valence-corrected chi connectivity index (χ4v) is 3.94. The smallest absolute Gasteiger partial charge is 0.168 e. The van der Waals surface area contributed by atoms with E-state index in [1.165, 1.54) is 17.5 Å². The van der Waals surface area contributed by atoms with E-state index in [2.05, 4.69) is 32.9 Å². The number of rotatable bonds is 10. The molecule has 1 unspecified atom stereocenters. The molecule has 3 rings (SSSR count). The maximum absolute atomic E-state index is 6.26. The fraction of sp³-hybridized carbons (Fsp3) is 0.520. The topological polar surface area (TPSA) is 36.9 Å². The van der Waals surface area contributed by atoms with Crippen LogP contribution < -0.4 is 9.47 Å². The van der Waals surface area contributed by atoms with E-state index in [0.29, 0.717) is 32.3 Å². The van der Waals surface area contributed by atoms with Crippen molar-refractivity contribution in [2.45, 2.75) is 52.2 Å². The monoisotopic (exact) mass is 398 g/mol. The van der Waals surface area contributed by atoms with E-state index in [1.807, 2.05) is 36.4 Å². The highest BCUT2D eigenvalue weighted by Crippen LogP contribution is 2.36. The third kappa shape index (κ3) is 7.06. The molecule has 1 atom stereocenters. The van der Waals surface area contributed by atoms with E-state index in [9.17, 15) is 0 Å². The molecule has 0 N–H and O–H groups in total. The minimum absolute atomic E-state index is 0.513. The molecular weight excluding hydrogens is 364 g/mol. The van der Waals surface area contributed by atoms with Crippen LogP contribution in [0.1, 0.15) is 43.7 Å². The maximum atomic E-state index is 6.26. The summed E-state index contributed by atoms with van der Waals surface area (Å²) in [7, 11) is 0. The predicted molar refractivity (Wildman–Crippen MR) is 116 cm³/mol. The van der Waals surface area contributed by atoms with E-state index in [4.69, 9.17) is 18.9 Å². The summed E-state index contributed by atoms with van der Waals surface area (Å²) >= 11 is 0. The molecule has 2 aromatic rings. The van der Waals surface area contributed by atoms with Crippen molar-refractivity contribution in [2.75, 3.05) is 26.4 Å². The van der Waals surface area contributed by atoms with Crippen LogP contribution in [-0.2, 0) is 9.47 Å². The Balaban J connectivity index is 1.46. The summed E-state index contributed by atoms with van der Waals surface area (Å²) in [6.45, 7) is 8.46. The third-order valence-corrected chi connectivity index (χ3v) is 5.33. The van der Waals surface area contributed by atoms with Gasteiger partial charge >= 0.3 is 0 Å². The molecule has 1 aliphatic rings. The van der Waals surface area contributed by atoms with Crippen molar-refractivity contribution in [1.29, 1.82) is 0 Å². The minimum atomic E-state index is -0.524. The molecule has 0 aliphatic heterocycles. The first-order valence-corrected chi connectivity index (χ1v) is 10.7. The third-order valence-electron chi connectivity index (χ3n) is 5.33. The first kappa shape index (κ1) is 21.7. The van der Waals surface area contributed by atoms with Gasteiger partial charge in [0, 0.05) is 12.8 Å². The average Bonchev–Trinajstić information content (AvgIpc) is 2.69. The zero-order valence-electron chi connectivity index (χ0n) is 18.0. The molecule has 1 fully saturated rings. The molecule has 0 amide bonds. The normalized spacial score (nSPS) is 18.4. The fourth-order valence-electron chi connectivity index (χ4n) is 3.94. The summed E-state index contributed by atoms with van der Waals surface area (Å²) in [6, 6.07) is 16.2. The van der Waals surface area contributed by atoms with Gasteiger partial charge < -0.3 is 18.9 Å². The Kier molecular flexibility index (Phi) is 7.96. The molecule has 0 aromatic heterocycles. The second-order valence-corrected chi connectivity index (χ2v) is 8.14. The van der Waals surface area contributed by atoms with Crippen LogP contribution in [0.4, 0.5) is 0 Å². The Morgan fingerprint density at radius 3 is 1.86 bits per heavy atom. The van der Waals surface area contributed by atoms with Crippen LogP contribution in [0.25, 0.3) is 0 Å². The van der Waals surface area contributed by atoms with Gasteiger partial charge in [-0.25, -0.2) is 0 Å². The summed E-state index contributed by atoms with van der Waals surface area (Å²) in [4.78, 5) is 0. The zero-order chi connectivity index (χ0) is 20.5. The highest BCUT2D eigenvalue weighted by atomic mass is 16.7. The average molecular weight is 399 g/mol. The van der Waals surface area contributed by atoms with Gasteiger partial charge in [0.2, 0.25) is 0 Å². The lowest BCUT2D eigenvalue weighted by Gasteiger charge is -2.39. The first-order chi connectivity index (χ1) is 14.0. The van der Waals surface area contributed by atoms with Gasteiger partial charge in [0.05, 0.1) is 13.2 Å². The van der Waals surface area contributed by atoms with Gasteiger partial charge in [0.25, 0.3) is 0 Å². The van der Waals surface area contributed by atoms with Gasteiger partial charge in [-0.1, -0.05) is 37.6 Å². The van der Waals surface area contributed by atoms with E-state index in [-0.39, 0.29) is 0 Å². The van der Waals surface area contributed by atoms with Crippen molar-refractivity contribution in [3.63, 3.8) is 0 Å². The summed E-state index contributed by atoms with van der Waals surface area (Å²) in [5, 5.41) is 0. The molecule has 0 heterocycles. The van der Waals surface area contributed by atoms with E-state index in [1.54, 1.807) is 0 Å². The zero-order valence-corrected chi connectivity index (χ0v) is 18.0. The quantitative estimate of drug-likeness (QED) is 0.380. The van der Waals surface area contributed by atoms with Crippen molar-refractivity contribution in [3.05, 3.63) is 59.7 Å². The molecule has 158 valence electrons. The molecule has 4 heteroatoms. The SMILES string of the molecule is Cc1cccc(OCCOC2(OCCOc3cccc(C)c3)CCCC(C)C2)c1. The van der Waals surface area contributed by atoms with Crippen LogP contribution in [0.5, 0.6) is 11.5 Å². The van der Waals surface area contributed by atoms with Crippen LogP contribution >= 0.6 is 0 Å². The lowest BCUT2D eigenvalue weighted by Crippen LogP contribution is -2.42. The molecule has 4 nitrogen and oxygen atoms in total. The van der Waals surface area contributed by atoms with E-state index >= 15 is 0 Å². The standard InChI is InChI=1S/C25H34O4/c1-20-7-4-10-23(17-20)26-13-15-28-25(12-6-9-22(3)19-25)29-16-14-27-24-11-5-8-21(2)18-24/h4-5,7-8,10-11,17-18,22H,6,9,12-16,19H2,1-3H3. The van der Waals surface area contributed by atoms with Crippen molar-refractivity contribution < 1.29 is 18.9 Å². The Morgan fingerprint density at radius 2 is 1.38 bits per heavy atom. The Hall–Kier alpha value is -2.04. The van der Waals surface area contributed by atoms with E-state index < -0.39 is 5.79 Å². The molecule has 0 radical (unpaired) electrons. The summed E-state index contributed by atoms with van der Waals surface area (Å²) in [5.41, 5.74) is 2.39. The molecular formula is C25H34O4. The van der Waals surface area contributed by atoms with Crippen molar-refractivity contribution in [1.82, 2.24) is 0 Å². The maximum Gasteiger partial charge on any atom is 0.168 e. The van der Waals surface area contributed by atoms with Crippen LogP contribution in [0.15, 0.2) is 48.5 Å². The van der Waals surface area contributed by atoms with Crippen LogP contribution in [-0.4, -0.2) is 32.2 Å². The van der Waals surface area contributed by atoms with Gasteiger partial charge in [-0.3, -0.25) is 0 Å². The molecule has 1 saturated carbocycles. The summed E-state index contributed by atoms with van der Waals surface area (Å²) < 4.78 is 24.2. The number of hydrogen-bond donors (Lipinski definition) is 0. The van der Waals surface area contributed by atoms with Crippen LogP contribution in [0.3, 0.4) is 0 Å². The molecule has 0 bridgehead atoms. The summed E-state index contributed by atoms with van der Waals surface area (Å²) in [6.07, 6.45) is 4.20. The van der Waals surface area contributed by atoms with Crippen molar-refractivity contribution in [2.24, 2.45) is 5.92 Å². The molecule has 1 aliphatic carbocycles. The number of benzene rings is 2. The van der Waals surface area contributed by atoms with Gasteiger partial charge in [-0.2, -0.15) is 0 Å². The Bertz CT molecular complexity index is 704. The van der Waals surface area contributed by atoms with Crippen LogP contribution in [0.2, 0.25) is 0 Å². The Labute approximate surface area is 175 Å². The number of aryl methyl sites for hydroxylation is 2. The predicted octanol–water partition coefficient (Wildman–Crippen LogP) is 5.70. The lowest BCUT2D eigenvalue weighted by atomic mass is 9.86. The first-order valence-electron chi connectivity index (χ1n) is 10.7. The van der Waals surface area contributed by atoms with Crippen molar-refractivity contribution >= 4 is 0 Å². The van der Waals surface area contributed by atoms with Gasteiger partial charge in [-0.05, 0) is 61.6 Å². The molecule has 0 saturated heterocycles. The van der Waals surface area contributed by atoms with Crippen molar-refractivity contribution in [3.8, 4) is 11.5 Å². The molecule has 2 aromatic carbocycles. The summed E-state index contributed by atoms with van der Waals surface area (Å²) in [5.74, 6) is 1.84. The highest BCUT2D eigenvalue weighted by Gasteiger charge is 2.37. The molecule has 29 heavy (non-hydrogen) atoms. The second-order valence-electron chi connectivity index (χ2n) is 8.14.